The van der Waals surface area contributed by atoms with Crippen molar-refractivity contribution in [1.82, 2.24) is 19.8 Å². The van der Waals surface area contributed by atoms with Gasteiger partial charge in [0.15, 0.2) is 0 Å². The molecular formula is C27H30IN5O2S. The minimum atomic E-state index is -0.190. The van der Waals surface area contributed by atoms with Crippen LogP contribution >= 0.6 is 33.9 Å². The number of hydrogen-bond donors (Lipinski definition) is 1. The van der Waals surface area contributed by atoms with Gasteiger partial charge in [0.05, 0.1) is 40.0 Å². The summed E-state index contributed by atoms with van der Waals surface area (Å²) in [7, 11) is 2.17. The highest BCUT2D eigenvalue weighted by Crippen LogP contribution is 2.63. The van der Waals surface area contributed by atoms with Gasteiger partial charge in [-0.25, -0.2) is 4.98 Å². The summed E-state index contributed by atoms with van der Waals surface area (Å²) in [6.45, 7) is 8.63. The maximum absolute atomic E-state index is 12.9. The van der Waals surface area contributed by atoms with Crippen LogP contribution in [0.1, 0.15) is 37.1 Å². The fraction of sp³-hybridized carbons (Fsp3) is 0.481. The highest BCUT2D eigenvalue weighted by molar-refractivity contribution is 14.1. The molecule has 36 heavy (non-hydrogen) atoms. The fourth-order valence-corrected chi connectivity index (χ4v) is 7.89. The van der Waals surface area contributed by atoms with Crippen LogP contribution in [-0.4, -0.2) is 57.8 Å². The number of aryl methyl sites for hydroxylation is 1. The van der Waals surface area contributed by atoms with Crippen LogP contribution in [0.5, 0.6) is 0 Å². The quantitative estimate of drug-likeness (QED) is 0.250. The molecule has 188 valence electrons. The Morgan fingerprint density at radius 1 is 1.22 bits per heavy atom. The molecule has 3 aromatic heterocycles. The lowest BCUT2D eigenvalue weighted by Crippen LogP contribution is -2.40. The Balaban J connectivity index is 1.35. The number of imide groups is 1. The lowest BCUT2D eigenvalue weighted by atomic mass is 10.0. The Hall–Kier alpha value is -2.11. The second-order valence-electron chi connectivity index (χ2n) is 11.1. The van der Waals surface area contributed by atoms with Crippen molar-refractivity contribution in [1.29, 1.82) is 0 Å². The van der Waals surface area contributed by atoms with Crippen LogP contribution in [0.25, 0.3) is 21.5 Å². The molecule has 1 saturated carbocycles. The third kappa shape index (κ3) is 3.94. The predicted molar refractivity (Wildman–Crippen MR) is 151 cm³/mol. The van der Waals surface area contributed by atoms with Gasteiger partial charge in [0.25, 0.3) is 0 Å². The molecule has 3 fully saturated rings. The third-order valence-corrected chi connectivity index (χ3v) is 9.78. The molecule has 3 aromatic rings. The summed E-state index contributed by atoms with van der Waals surface area (Å²) in [5, 5.41) is 3.81. The molecule has 3 unspecified atom stereocenters. The fourth-order valence-electron chi connectivity index (χ4n) is 6.07. The molecule has 9 heteroatoms. The van der Waals surface area contributed by atoms with Crippen molar-refractivity contribution in [3.63, 3.8) is 0 Å². The smallest absolute Gasteiger partial charge is 0.234 e. The number of pyridine rings is 2. The molecule has 0 spiro atoms. The summed E-state index contributed by atoms with van der Waals surface area (Å²) in [6.07, 6.45) is 4.15. The van der Waals surface area contributed by atoms with E-state index in [0.717, 1.165) is 55.2 Å². The first-order chi connectivity index (χ1) is 17.1. The molecule has 6 rings (SSSR count). The highest BCUT2D eigenvalue weighted by atomic mass is 127. The number of fused-ring (bicyclic) bond motifs is 2. The number of carbonyl (C=O) groups is 2. The summed E-state index contributed by atoms with van der Waals surface area (Å²) in [4.78, 5) is 40.2. The Kier molecular flexibility index (Phi) is 5.88. The first-order valence-corrected chi connectivity index (χ1v) is 14.4. The number of piperidine rings is 2. The van der Waals surface area contributed by atoms with Crippen molar-refractivity contribution in [2.24, 2.45) is 17.3 Å². The van der Waals surface area contributed by atoms with Gasteiger partial charge in [0.1, 0.15) is 3.70 Å². The van der Waals surface area contributed by atoms with Crippen molar-refractivity contribution in [2.75, 3.05) is 25.5 Å². The molecule has 0 aromatic carbocycles. The average molecular weight is 616 g/mol. The number of likely N-dealkylation sites (N-methyl/N-ethyl adjacent to an activating group) is 1. The van der Waals surface area contributed by atoms with Crippen molar-refractivity contribution in [3.05, 3.63) is 38.5 Å². The maximum atomic E-state index is 12.9. The van der Waals surface area contributed by atoms with Crippen LogP contribution in [0.2, 0.25) is 0 Å². The zero-order chi connectivity index (χ0) is 25.4. The van der Waals surface area contributed by atoms with Gasteiger partial charge in [-0.15, -0.1) is 11.3 Å². The molecular weight excluding hydrogens is 585 g/mol. The van der Waals surface area contributed by atoms with Crippen LogP contribution in [0.15, 0.2) is 24.4 Å². The topological polar surface area (TPSA) is 78.4 Å². The number of anilines is 1. The van der Waals surface area contributed by atoms with Gasteiger partial charge >= 0.3 is 0 Å². The van der Waals surface area contributed by atoms with Gasteiger partial charge in [-0.1, -0.05) is 13.8 Å². The summed E-state index contributed by atoms with van der Waals surface area (Å²) < 4.78 is 1.98. The first kappa shape index (κ1) is 24.2. The molecule has 2 saturated heterocycles. The molecule has 1 N–H and O–H groups in total. The second-order valence-corrected chi connectivity index (χ2v) is 13.3. The number of thiophene rings is 1. The van der Waals surface area contributed by atoms with E-state index in [9.17, 15) is 9.59 Å². The number of hydrogen-bond acceptors (Lipinski definition) is 7. The van der Waals surface area contributed by atoms with Crippen molar-refractivity contribution in [3.8, 4) is 11.3 Å². The molecule has 5 heterocycles. The normalized spacial score (nSPS) is 25.5. The van der Waals surface area contributed by atoms with E-state index in [1.807, 2.05) is 32.2 Å². The van der Waals surface area contributed by atoms with Crippen LogP contribution in [0.4, 0.5) is 5.69 Å². The van der Waals surface area contributed by atoms with Crippen molar-refractivity contribution >= 4 is 61.6 Å². The summed E-state index contributed by atoms with van der Waals surface area (Å²) in [6, 6.07) is 6.54. The van der Waals surface area contributed by atoms with Gasteiger partial charge in [0, 0.05) is 29.2 Å². The largest absolute Gasteiger partial charge is 0.379 e. The van der Waals surface area contributed by atoms with Gasteiger partial charge < -0.3 is 10.2 Å². The lowest BCUT2D eigenvalue weighted by molar-refractivity contribution is -0.143. The van der Waals surface area contributed by atoms with Gasteiger partial charge in [0.2, 0.25) is 11.8 Å². The van der Waals surface area contributed by atoms with E-state index < -0.39 is 0 Å². The van der Waals surface area contributed by atoms with Gasteiger partial charge in [-0.3, -0.25) is 19.5 Å². The molecule has 0 bridgehead atoms. The molecule has 1 aliphatic carbocycles. The van der Waals surface area contributed by atoms with E-state index in [-0.39, 0.29) is 29.1 Å². The standard InChI is InChI=1S/C27H30IN5O2S/c1-14-10-19(28)31-23(22(14)30-15-6-5-9-32(4)12-15)17-7-8-29-18-11-16(36-24(17)18)13-33-25(34)20-21(26(33)35)27(20,2)3/h7-8,10-11,15,20-21,30H,5-6,9,12-13H2,1-4H3. The molecule has 2 aliphatic heterocycles. The van der Waals surface area contributed by atoms with Crippen LogP contribution in [0, 0.1) is 27.9 Å². The number of aromatic nitrogens is 2. The number of amides is 2. The van der Waals surface area contributed by atoms with E-state index in [1.54, 1.807) is 11.3 Å². The Morgan fingerprint density at radius 2 is 1.97 bits per heavy atom. The third-order valence-electron chi connectivity index (χ3n) is 8.08. The summed E-state index contributed by atoms with van der Waals surface area (Å²) in [5.41, 5.74) is 4.90. The van der Waals surface area contributed by atoms with E-state index in [4.69, 9.17) is 4.98 Å². The molecule has 0 radical (unpaired) electrons. The Bertz CT molecular complexity index is 1380. The Labute approximate surface area is 228 Å². The minimum absolute atomic E-state index is 0.0283. The summed E-state index contributed by atoms with van der Waals surface area (Å²) >= 11 is 3.89. The number of nitrogens with zero attached hydrogens (tertiary/aromatic N) is 4. The maximum Gasteiger partial charge on any atom is 0.234 e. The summed E-state index contributed by atoms with van der Waals surface area (Å²) in [5.74, 6) is -0.364. The molecule has 7 nitrogen and oxygen atoms in total. The van der Waals surface area contributed by atoms with E-state index in [0.29, 0.717) is 12.6 Å². The van der Waals surface area contributed by atoms with E-state index in [2.05, 4.69) is 57.8 Å². The van der Waals surface area contributed by atoms with Crippen molar-refractivity contribution < 1.29 is 9.59 Å². The van der Waals surface area contributed by atoms with Gasteiger partial charge in [-0.2, -0.15) is 0 Å². The second kappa shape index (κ2) is 8.73. The van der Waals surface area contributed by atoms with Gasteiger partial charge in [-0.05, 0) is 85.1 Å². The van der Waals surface area contributed by atoms with E-state index in [1.165, 1.54) is 16.9 Å². The van der Waals surface area contributed by atoms with Crippen LogP contribution in [0.3, 0.4) is 0 Å². The van der Waals surface area contributed by atoms with Crippen molar-refractivity contribution in [2.45, 2.75) is 46.2 Å². The molecule has 2 amide bonds. The van der Waals surface area contributed by atoms with Crippen LogP contribution < -0.4 is 5.32 Å². The number of likely N-dealkylation sites (tertiary alicyclic amines) is 2. The molecule has 3 atom stereocenters. The number of halogens is 1. The lowest BCUT2D eigenvalue weighted by Gasteiger charge is -2.32. The average Bonchev–Trinajstić information content (AvgIpc) is 3.07. The zero-order valence-electron chi connectivity index (χ0n) is 21.0. The number of nitrogens with one attached hydrogen (secondary N) is 1. The minimum Gasteiger partial charge on any atom is -0.379 e. The van der Waals surface area contributed by atoms with E-state index >= 15 is 0 Å². The zero-order valence-corrected chi connectivity index (χ0v) is 23.9. The van der Waals surface area contributed by atoms with Crippen LogP contribution in [-0.2, 0) is 16.1 Å². The molecule has 3 aliphatic rings. The predicted octanol–water partition coefficient (Wildman–Crippen LogP) is 4.92. The highest BCUT2D eigenvalue weighted by Gasteiger charge is 2.72. The monoisotopic (exact) mass is 615 g/mol. The SMILES string of the molecule is Cc1cc(I)nc(-c2ccnc3cc(CN4C(=O)C5C(C4=O)C5(C)C)sc23)c1NC1CCCN(C)C1. The number of carbonyl (C=O) groups excluding carboxylic acids is 2. The Morgan fingerprint density at radius 3 is 2.69 bits per heavy atom. The first-order valence-electron chi connectivity index (χ1n) is 12.5. The number of rotatable bonds is 5.